The maximum absolute atomic E-state index is 8.68. The lowest BCUT2D eigenvalue weighted by molar-refractivity contribution is 1.27. The van der Waals surface area contributed by atoms with Crippen LogP contribution in [0.15, 0.2) is 21.9 Å². The van der Waals surface area contributed by atoms with E-state index in [0.29, 0.717) is 10.0 Å². The first-order valence-electron chi connectivity index (χ1n) is 3.33. The minimum atomic E-state index is -0.498. The quantitative estimate of drug-likeness (QED) is 0.400. The molecule has 0 saturated heterocycles. The van der Waals surface area contributed by atoms with Gasteiger partial charge in [0.25, 0.3) is 8.76 Å². The van der Waals surface area contributed by atoms with Gasteiger partial charge in [0.1, 0.15) is 0 Å². The third-order valence-electron chi connectivity index (χ3n) is 1.42. The molecule has 2 rings (SSSR count). The van der Waals surface area contributed by atoms with Crippen LogP contribution in [0.25, 0.3) is 5.53 Å². The molecule has 0 amide bonds. The lowest BCUT2D eigenvalue weighted by Crippen LogP contribution is -1.88. The van der Waals surface area contributed by atoms with Crippen LogP contribution in [0.3, 0.4) is 0 Å². The Balaban J connectivity index is 2.54. The predicted molar refractivity (Wildman–Crippen MR) is 68.6 cm³/mol. The van der Waals surface area contributed by atoms with Gasteiger partial charge >= 0.3 is 0 Å². The number of nitrogens with zero attached hydrogens (tertiary/aromatic N) is 2. The average molecular weight is 301 g/mol. The van der Waals surface area contributed by atoms with Crippen molar-refractivity contribution in [1.29, 1.82) is 0 Å². The molecule has 1 aliphatic heterocycles. The van der Waals surface area contributed by atoms with Gasteiger partial charge in [-0.1, -0.05) is 23.2 Å². The van der Waals surface area contributed by atoms with E-state index in [1.807, 2.05) is 6.07 Å². The van der Waals surface area contributed by atoms with E-state index in [0.717, 1.165) is 9.79 Å². The molecular weight excluding hydrogens is 299 g/mol. The molecule has 2 nitrogen and oxygen atoms in total. The van der Waals surface area contributed by atoms with E-state index in [1.54, 1.807) is 16.9 Å². The molecule has 8 heteroatoms. The first-order valence-corrected chi connectivity index (χ1v) is 9.27. The van der Waals surface area contributed by atoms with Crippen molar-refractivity contribution in [1.82, 2.24) is 4.16 Å². The summed E-state index contributed by atoms with van der Waals surface area (Å²) in [5, 5.41) is 1.08. The summed E-state index contributed by atoms with van der Waals surface area (Å²) in [5.74, 6) is 0. The highest BCUT2D eigenvalue weighted by Gasteiger charge is 2.24. The summed E-state index contributed by atoms with van der Waals surface area (Å²) in [5.41, 5.74) is 8.68. The molecule has 1 atom stereocenters. The Morgan fingerprint density at radius 1 is 1.36 bits per heavy atom. The summed E-state index contributed by atoms with van der Waals surface area (Å²) in [6.07, 6.45) is 0. The molecule has 0 radical (unpaired) electrons. The van der Waals surface area contributed by atoms with Crippen LogP contribution < -0.4 is 4.16 Å². The van der Waals surface area contributed by atoms with Crippen molar-refractivity contribution in [3.8, 4) is 0 Å². The van der Waals surface area contributed by atoms with Gasteiger partial charge in [0, 0.05) is 15.7 Å². The summed E-state index contributed by atoms with van der Waals surface area (Å²) in [6, 6.07) is 3.70. The van der Waals surface area contributed by atoms with E-state index in [-0.39, 0.29) is 0 Å². The molecule has 1 heterocycles. The molecule has 0 N–H and O–H groups in total. The number of hydrogen-bond acceptors (Lipinski definition) is 3. The van der Waals surface area contributed by atoms with E-state index in [9.17, 15) is 0 Å². The molecule has 0 fully saturated rings. The van der Waals surface area contributed by atoms with Crippen molar-refractivity contribution in [2.45, 2.75) is 9.79 Å². The van der Waals surface area contributed by atoms with Crippen LogP contribution >= 0.6 is 54.6 Å². The Labute approximate surface area is 104 Å². The second-order valence-electron chi connectivity index (χ2n) is 2.22. The average Bonchev–Trinajstić information content (AvgIpc) is 2.23. The van der Waals surface area contributed by atoms with Gasteiger partial charge in [-0.25, -0.2) is 0 Å². The fourth-order valence-electron chi connectivity index (χ4n) is 0.839. The Hall–Kier alpha value is 0.710. The summed E-state index contributed by atoms with van der Waals surface area (Å²) >= 11 is 11.9. The fraction of sp³-hybridized carbons (Fsp3) is 0. The number of fused-ring (bicyclic) bond motifs is 1. The zero-order valence-corrected chi connectivity index (χ0v) is 11.2. The molecule has 1 aliphatic rings. The lowest BCUT2D eigenvalue weighted by Gasteiger charge is -2.12. The summed E-state index contributed by atoms with van der Waals surface area (Å²) in [7, 11) is 4.00. The van der Waals surface area contributed by atoms with Crippen molar-refractivity contribution in [2.75, 3.05) is 0 Å². The minimum Gasteiger partial charge on any atom is -0.349 e. The van der Waals surface area contributed by atoms with Crippen molar-refractivity contribution in [3.05, 3.63) is 27.7 Å². The van der Waals surface area contributed by atoms with Gasteiger partial charge in [0.2, 0.25) is 0 Å². The topological polar surface area (TPSA) is 36.4 Å². The summed E-state index contributed by atoms with van der Waals surface area (Å²) in [6.45, 7) is 0. The first kappa shape index (κ1) is 11.2. The fourth-order valence-corrected chi connectivity index (χ4v) is 8.90. The number of hydrogen-bond donors (Lipinski definition) is 0. The van der Waals surface area contributed by atoms with E-state index >= 15 is 0 Å². The number of halogens is 2. The van der Waals surface area contributed by atoms with Gasteiger partial charge in [-0.3, -0.25) is 0 Å². The molecule has 14 heavy (non-hydrogen) atoms. The van der Waals surface area contributed by atoms with Crippen LogP contribution in [0, 0.1) is 0 Å². The third kappa shape index (κ3) is 2.11. The Morgan fingerprint density at radius 3 is 2.86 bits per heavy atom. The van der Waals surface area contributed by atoms with Crippen molar-refractivity contribution in [3.63, 3.8) is 0 Å². The van der Waals surface area contributed by atoms with Gasteiger partial charge in [-0.2, -0.15) is 0 Å². The van der Waals surface area contributed by atoms with Gasteiger partial charge in [0.15, 0.2) is 0 Å². The molecule has 74 valence electrons. The predicted octanol–water partition coefficient (Wildman–Crippen LogP) is 4.56. The van der Waals surface area contributed by atoms with Crippen LogP contribution in [-0.2, 0) is 8.76 Å². The zero-order chi connectivity index (χ0) is 10.1. The maximum atomic E-state index is 8.68. The Kier molecular flexibility index (Phi) is 3.76. The molecule has 0 spiro atoms. The Morgan fingerprint density at radius 2 is 2.14 bits per heavy atom. The van der Waals surface area contributed by atoms with E-state index in [2.05, 4.69) is 4.16 Å². The minimum absolute atomic E-state index is 0.498. The second-order valence-corrected chi connectivity index (χ2v) is 10.1. The summed E-state index contributed by atoms with van der Waals surface area (Å²) in [4.78, 5) is 1.98. The highest BCUT2D eigenvalue weighted by molar-refractivity contribution is 9.21. The third-order valence-corrected chi connectivity index (χ3v) is 10.2. The molecule has 0 bridgehead atoms. The summed E-state index contributed by atoms with van der Waals surface area (Å²) < 4.78 is 3.25. The lowest BCUT2D eigenvalue weighted by atomic mass is 10.3. The monoisotopic (exact) mass is 300 g/mol. The van der Waals surface area contributed by atoms with Gasteiger partial charge in [-0.05, 0) is 22.9 Å². The number of benzene rings is 1. The van der Waals surface area contributed by atoms with Gasteiger partial charge in [0.05, 0.1) is 24.8 Å². The zero-order valence-electron chi connectivity index (χ0n) is 6.44. The number of rotatable bonds is 0. The van der Waals surface area contributed by atoms with Crippen molar-refractivity contribution >= 4 is 63.4 Å². The highest BCUT2D eigenvalue weighted by atomic mass is 35.5. The van der Waals surface area contributed by atoms with Crippen LogP contribution in [-0.4, -0.2) is 0 Å². The smallest absolute Gasteiger partial charge is 0.296 e. The Bertz CT molecular complexity index is 444. The molecule has 0 saturated carbocycles. The first-order chi connectivity index (χ1) is 6.72. The van der Waals surface area contributed by atoms with E-state index < -0.39 is 8.76 Å². The van der Waals surface area contributed by atoms with Gasteiger partial charge in [-0.15, -0.1) is 4.16 Å². The standard InChI is InChI=1S/C6H2Cl2N2S4/c7-3-1-2-4-6(5(3)8)12-14(10-9)13-11-4/h1-2H. The molecule has 1 unspecified atom stereocenters. The molecule has 0 aromatic heterocycles. The van der Waals surface area contributed by atoms with Crippen LogP contribution in [0.1, 0.15) is 0 Å². The molecular formula is C6H2Cl2N2S4. The second kappa shape index (κ2) is 4.70. The van der Waals surface area contributed by atoms with Crippen LogP contribution in [0.2, 0.25) is 10.0 Å². The van der Waals surface area contributed by atoms with E-state index in [1.165, 1.54) is 20.6 Å². The van der Waals surface area contributed by atoms with Gasteiger partial charge < -0.3 is 5.53 Å². The normalized spacial score (nSPS) is 20.0. The molecule has 1 aromatic rings. The van der Waals surface area contributed by atoms with Crippen LogP contribution in [0.5, 0.6) is 0 Å². The largest absolute Gasteiger partial charge is 0.349 e. The van der Waals surface area contributed by atoms with Crippen LogP contribution in [0.4, 0.5) is 0 Å². The molecule has 1 aromatic carbocycles. The molecule has 0 aliphatic carbocycles. The van der Waals surface area contributed by atoms with E-state index in [4.69, 9.17) is 28.7 Å². The van der Waals surface area contributed by atoms with Crippen molar-refractivity contribution < 1.29 is 0 Å². The maximum Gasteiger partial charge on any atom is 0.296 e. The highest BCUT2D eigenvalue weighted by Crippen LogP contribution is 2.53. The van der Waals surface area contributed by atoms with Crippen molar-refractivity contribution in [2.24, 2.45) is 0 Å². The SMILES string of the molecule is [N-]=[N+]=S1SSc2ccc(Cl)c(Cl)c2S1.